The number of nitrogen functional groups attached to an aromatic ring is 1. The van der Waals surface area contributed by atoms with E-state index >= 15 is 0 Å². The molecule has 0 radical (unpaired) electrons. The highest BCUT2D eigenvalue weighted by Gasteiger charge is 2.29. The van der Waals surface area contributed by atoms with Crippen molar-refractivity contribution in [1.29, 1.82) is 0 Å². The summed E-state index contributed by atoms with van der Waals surface area (Å²) in [6, 6.07) is 16.8. The van der Waals surface area contributed by atoms with Crippen LogP contribution in [-0.2, 0) is 4.79 Å². The molecule has 3 aromatic rings. The van der Waals surface area contributed by atoms with Crippen molar-refractivity contribution in [3.63, 3.8) is 0 Å². The molecular weight excluding hydrogens is 442 g/mol. The topological polar surface area (TPSA) is 128 Å². The molecule has 0 bridgehead atoms. The summed E-state index contributed by atoms with van der Waals surface area (Å²) in [6.07, 6.45) is 1.91. The Hall–Kier alpha value is -3.69. The summed E-state index contributed by atoms with van der Waals surface area (Å²) >= 11 is 0. The molecule has 9 heteroatoms. The van der Waals surface area contributed by atoms with Gasteiger partial charge in [0.2, 0.25) is 5.91 Å². The molecule has 5 rings (SSSR count). The van der Waals surface area contributed by atoms with E-state index in [0.717, 1.165) is 49.3 Å². The number of anilines is 2. The number of para-hydroxylation sites is 2. The molecule has 2 saturated heterocycles. The average Bonchev–Trinajstić information content (AvgIpc) is 2.90. The Kier molecular flexibility index (Phi) is 6.78. The standard InChI is InChI=1S/C26H31N7O2/c27-25-20(15-21(31-32-25)19-6-2-4-8-24(19)34)18-5-1-3-7-23(18)33-14-13-29-22(16-33)26(35)30-17-9-11-28-12-10-17/h1-8,15,17,22,28-29,34H,9-14,16H2,(H2,27,32)(H,30,35). The fourth-order valence-corrected chi connectivity index (χ4v) is 4.83. The lowest BCUT2D eigenvalue weighted by Crippen LogP contribution is -2.59. The maximum atomic E-state index is 13.0. The Morgan fingerprint density at radius 2 is 1.74 bits per heavy atom. The number of carbonyl (C=O) groups excluding carboxylic acids is 1. The number of piperazine rings is 1. The van der Waals surface area contributed by atoms with Gasteiger partial charge in [-0.05, 0) is 50.2 Å². The molecule has 182 valence electrons. The molecule has 1 atom stereocenters. The van der Waals surface area contributed by atoms with Crippen LogP contribution in [0.3, 0.4) is 0 Å². The minimum Gasteiger partial charge on any atom is -0.507 e. The van der Waals surface area contributed by atoms with Crippen LogP contribution in [0, 0.1) is 0 Å². The van der Waals surface area contributed by atoms with Gasteiger partial charge < -0.3 is 31.7 Å². The van der Waals surface area contributed by atoms with Gasteiger partial charge in [0.05, 0.1) is 5.69 Å². The highest BCUT2D eigenvalue weighted by molar-refractivity contribution is 5.88. The predicted molar refractivity (Wildman–Crippen MR) is 137 cm³/mol. The van der Waals surface area contributed by atoms with Crippen LogP contribution in [0.25, 0.3) is 22.4 Å². The van der Waals surface area contributed by atoms with Crippen molar-refractivity contribution in [2.45, 2.75) is 24.9 Å². The molecule has 35 heavy (non-hydrogen) atoms. The minimum absolute atomic E-state index is 0.0472. The van der Waals surface area contributed by atoms with Crippen molar-refractivity contribution in [2.75, 3.05) is 43.4 Å². The summed E-state index contributed by atoms with van der Waals surface area (Å²) < 4.78 is 0. The fourth-order valence-electron chi connectivity index (χ4n) is 4.83. The van der Waals surface area contributed by atoms with Crippen LogP contribution in [0.15, 0.2) is 54.6 Å². The van der Waals surface area contributed by atoms with Gasteiger partial charge in [0.1, 0.15) is 11.8 Å². The molecule has 0 spiro atoms. The van der Waals surface area contributed by atoms with Crippen molar-refractivity contribution >= 4 is 17.4 Å². The van der Waals surface area contributed by atoms with Gasteiger partial charge in [-0.1, -0.05) is 30.3 Å². The van der Waals surface area contributed by atoms with Crippen LogP contribution >= 0.6 is 0 Å². The first-order valence-corrected chi connectivity index (χ1v) is 12.1. The van der Waals surface area contributed by atoms with Crippen molar-refractivity contribution in [1.82, 2.24) is 26.1 Å². The second kappa shape index (κ2) is 10.3. The summed E-state index contributed by atoms with van der Waals surface area (Å²) in [4.78, 5) is 15.2. The number of benzene rings is 2. The number of piperidine rings is 1. The molecule has 2 aliphatic rings. The van der Waals surface area contributed by atoms with E-state index in [1.54, 1.807) is 18.2 Å². The minimum atomic E-state index is -0.295. The zero-order chi connectivity index (χ0) is 24.2. The van der Waals surface area contributed by atoms with Crippen LogP contribution in [0.2, 0.25) is 0 Å². The molecule has 3 heterocycles. The summed E-state index contributed by atoms with van der Waals surface area (Å²) in [6.45, 7) is 3.89. The number of phenols is 1. The van der Waals surface area contributed by atoms with Gasteiger partial charge in [-0.2, -0.15) is 0 Å². The van der Waals surface area contributed by atoms with Crippen molar-refractivity contribution in [3.8, 4) is 28.1 Å². The van der Waals surface area contributed by atoms with E-state index in [2.05, 4.69) is 31.0 Å². The van der Waals surface area contributed by atoms with Gasteiger partial charge in [-0.25, -0.2) is 0 Å². The third-order valence-electron chi connectivity index (χ3n) is 6.71. The first-order chi connectivity index (χ1) is 17.1. The molecule has 9 nitrogen and oxygen atoms in total. The number of nitrogens with zero attached hydrogens (tertiary/aromatic N) is 3. The van der Waals surface area contributed by atoms with Gasteiger partial charge in [-0.15, -0.1) is 10.2 Å². The van der Waals surface area contributed by atoms with Gasteiger partial charge in [0.25, 0.3) is 0 Å². The number of carbonyl (C=O) groups is 1. The highest BCUT2D eigenvalue weighted by atomic mass is 16.3. The zero-order valence-corrected chi connectivity index (χ0v) is 19.6. The maximum absolute atomic E-state index is 13.0. The number of rotatable bonds is 5. The second-order valence-electron chi connectivity index (χ2n) is 9.05. The normalized spacial score (nSPS) is 18.9. The zero-order valence-electron chi connectivity index (χ0n) is 19.6. The predicted octanol–water partition coefficient (Wildman–Crippen LogP) is 1.74. The van der Waals surface area contributed by atoms with Crippen molar-refractivity contribution in [3.05, 3.63) is 54.6 Å². The van der Waals surface area contributed by atoms with Gasteiger partial charge in [-0.3, -0.25) is 4.79 Å². The number of aromatic nitrogens is 2. The van der Waals surface area contributed by atoms with Crippen molar-refractivity contribution < 1.29 is 9.90 Å². The molecule has 0 aliphatic carbocycles. The van der Waals surface area contributed by atoms with E-state index in [1.807, 2.05) is 36.4 Å². The SMILES string of the molecule is Nc1nnc(-c2ccccc2O)cc1-c1ccccc1N1CCNC(C(=O)NC2CCNCC2)C1. The Morgan fingerprint density at radius 1 is 1.00 bits per heavy atom. The smallest absolute Gasteiger partial charge is 0.239 e. The molecule has 0 saturated carbocycles. The summed E-state index contributed by atoms with van der Waals surface area (Å²) in [5.41, 5.74) is 10.1. The molecule has 2 aliphatic heterocycles. The largest absolute Gasteiger partial charge is 0.507 e. The number of amides is 1. The summed E-state index contributed by atoms with van der Waals surface area (Å²) in [5, 5.41) is 28.6. The Labute approximate surface area is 204 Å². The average molecular weight is 474 g/mol. The lowest BCUT2D eigenvalue weighted by Gasteiger charge is -2.36. The first-order valence-electron chi connectivity index (χ1n) is 12.1. The molecule has 1 unspecified atom stereocenters. The molecule has 2 aromatic carbocycles. The highest BCUT2D eigenvalue weighted by Crippen LogP contribution is 2.37. The third-order valence-corrected chi connectivity index (χ3v) is 6.71. The summed E-state index contributed by atoms with van der Waals surface area (Å²) in [7, 11) is 0. The lowest BCUT2D eigenvalue weighted by molar-refractivity contribution is -0.124. The number of aromatic hydroxyl groups is 1. The first kappa shape index (κ1) is 23.1. The number of hydrogen-bond acceptors (Lipinski definition) is 8. The van der Waals surface area contributed by atoms with Gasteiger partial charge in [0, 0.05) is 48.1 Å². The van der Waals surface area contributed by atoms with Gasteiger partial charge >= 0.3 is 0 Å². The number of hydrogen-bond donors (Lipinski definition) is 5. The van der Waals surface area contributed by atoms with Crippen molar-refractivity contribution in [2.24, 2.45) is 0 Å². The Morgan fingerprint density at radius 3 is 2.54 bits per heavy atom. The Bertz CT molecular complexity index is 1200. The number of phenolic OH excluding ortho intramolecular Hbond substituents is 1. The van der Waals surface area contributed by atoms with Crippen LogP contribution in [0.5, 0.6) is 5.75 Å². The summed E-state index contributed by atoms with van der Waals surface area (Å²) in [5.74, 6) is 0.494. The molecule has 6 N–H and O–H groups in total. The number of nitrogens with two attached hydrogens (primary N) is 1. The fraction of sp³-hybridized carbons (Fsp3) is 0.346. The molecular formula is C26H31N7O2. The van der Waals surface area contributed by atoms with Crippen LogP contribution in [0.1, 0.15) is 12.8 Å². The maximum Gasteiger partial charge on any atom is 0.239 e. The second-order valence-corrected chi connectivity index (χ2v) is 9.05. The quantitative estimate of drug-likeness (QED) is 0.379. The lowest BCUT2D eigenvalue weighted by atomic mass is 10.00. The van der Waals surface area contributed by atoms with Crippen LogP contribution in [-0.4, -0.2) is 66.0 Å². The monoisotopic (exact) mass is 473 g/mol. The third kappa shape index (κ3) is 5.06. The van der Waals surface area contributed by atoms with E-state index in [0.29, 0.717) is 30.2 Å². The van der Waals surface area contributed by atoms with E-state index in [9.17, 15) is 9.90 Å². The molecule has 1 aromatic heterocycles. The van der Waals surface area contributed by atoms with Gasteiger partial charge in [0.15, 0.2) is 5.82 Å². The molecule has 2 fully saturated rings. The van der Waals surface area contributed by atoms with E-state index in [1.165, 1.54) is 0 Å². The van der Waals surface area contributed by atoms with Crippen LogP contribution < -0.4 is 26.6 Å². The Balaban J connectivity index is 1.41. The van der Waals surface area contributed by atoms with Crippen LogP contribution in [0.4, 0.5) is 11.5 Å². The van der Waals surface area contributed by atoms with E-state index in [4.69, 9.17) is 5.73 Å². The van der Waals surface area contributed by atoms with E-state index in [-0.39, 0.29) is 23.7 Å². The number of nitrogens with one attached hydrogen (secondary N) is 3. The van der Waals surface area contributed by atoms with E-state index < -0.39 is 0 Å². The molecule has 1 amide bonds.